The van der Waals surface area contributed by atoms with Crippen LogP contribution < -0.4 is 4.90 Å². The number of aromatic nitrogens is 3. The van der Waals surface area contributed by atoms with E-state index in [0.717, 1.165) is 55.8 Å². The zero-order valence-electron chi connectivity index (χ0n) is 13.8. The Kier molecular flexibility index (Phi) is 4.18. The summed E-state index contributed by atoms with van der Waals surface area (Å²) in [6, 6.07) is 8.45. The van der Waals surface area contributed by atoms with Crippen LogP contribution >= 0.6 is 11.8 Å². The summed E-state index contributed by atoms with van der Waals surface area (Å²) in [5.41, 5.74) is 2.38. The molecule has 0 spiro atoms. The first-order valence-electron chi connectivity index (χ1n) is 8.40. The fourth-order valence-corrected chi connectivity index (χ4v) is 4.10. The Hall–Kier alpha value is -2.02. The average Bonchev–Trinajstić information content (AvgIpc) is 3.31. The summed E-state index contributed by atoms with van der Waals surface area (Å²) in [6.07, 6.45) is 2.25. The van der Waals surface area contributed by atoms with Gasteiger partial charge in [0.05, 0.1) is 5.75 Å². The van der Waals surface area contributed by atoms with E-state index in [1.807, 2.05) is 4.90 Å². The van der Waals surface area contributed by atoms with E-state index < -0.39 is 0 Å². The van der Waals surface area contributed by atoms with Gasteiger partial charge in [-0.1, -0.05) is 29.5 Å². The highest BCUT2D eigenvalue weighted by molar-refractivity contribution is 7.99. The molecule has 6 nitrogen and oxygen atoms in total. The molecule has 0 radical (unpaired) electrons. The van der Waals surface area contributed by atoms with Crippen LogP contribution in [0.3, 0.4) is 0 Å². The molecule has 0 bridgehead atoms. The maximum absolute atomic E-state index is 12.2. The summed E-state index contributed by atoms with van der Waals surface area (Å²) < 4.78 is 2.11. The third kappa shape index (κ3) is 2.88. The topological polar surface area (TPSA) is 54.3 Å². The number of likely N-dealkylation sites (tertiary alicyclic amines) is 1. The third-order valence-electron chi connectivity index (χ3n) is 4.62. The molecule has 3 heterocycles. The van der Waals surface area contributed by atoms with Crippen molar-refractivity contribution in [2.75, 3.05) is 30.3 Å². The highest BCUT2D eigenvalue weighted by Gasteiger charge is 2.27. The van der Waals surface area contributed by atoms with Crippen LogP contribution in [0.1, 0.15) is 18.4 Å². The van der Waals surface area contributed by atoms with Crippen molar-refractivity contribution in [2.45, 2.75) is 31.5 Å². The number of nitrogens with zero attached hydrogens (tertiary/aromatic N) is 5. The number of carbonyl (C=O) groups is 1. The lowest BCUT2D eigenvalue weighted by atomic mass is 10.2. The molecule has 0 saturated carbocycles. The van der Waals surface area contributed by atoms with E-state index >= 15 is 0 Å². The number of rotatable bonds is 4. The third-order valence-corrected chi connectivity index (χ3v) is 5.57. The second kappa shape index (κ2) is 6.47. The lowest BCUT2D eigenvalue weighted by Crippen LogP contribution is -2.29. The van der Waals surface area contributed by atoms with Crippen LogP contribution in [0, 0.1) is 6.92 Å². The van der Waals surface area contributed by atoms with Crippen LogP contribution in [0.25, 0.3) is 0 Å². The van der Waals surface area contributed by atoms with Gasteiger partial charge >= 0.3 is 0 Å². The summed E-state index contributed by atoms with van der Waals surface area (Å²) in [5, 5.41) is 9.48. The molecule has 1 aromatic heterocycles. The molecule has 1 amide bonds. The number of amides is 1. The van der Waals surface area contributed by atoms with E-state index in [2.05, 4.69) is 50.9 Å². The fourth-order valence-electron chi connectivity index (χ4n) is 3.24. The van der Waals surface area contributed by atoms with Gasteiger partial charge in [0.25, 0.3) is 0 Å². The Morgan fingerprint density at radius 1 is 1.08 bits per heavy atom. The maximum atomic E-state index is 12.2. The van der Waals surface area contributed by atoms with Crippen LogP contribution in [0.5, 0.6) is 0 Å². The number of fused-ring (bicyclic) bond motifs is 1. The Labute approximate surface area is 145 Å². The molecule has 1 saturated heterocycles. The molecule has 4 rings (SSSR count). The summed E-state index contributed by atoms with van der Waals surface area (Å²) in [7, 11) is 0. The first-order chi connectivity index (χ1) is 11.7. The van der Waals surface area contributed by atoms with Crippen LogP contribution in [0.4, 0.5) is 11.6 Å². The molecule has 24 heavy (non-hydrogen) atoms. The van der Waals surface area contributed by atoms with Gasteiger partial charge in [0.2, 0.25) is 11.9 Å². The normalized spacial score (nSPS) is 16.7. The van der Waals surface area contributed by atoms with Crippen molar-refractivity contribution in [3.63, 3.8) is 0 Å². The summed E-state index contributed by atoms with van der Waals surface area (Å²) in [6.45, 7) is 5.64. The summed E-state index contributed by atoms with van der Waals surface area (Å²) >= 11 is 1.50. The predicted molar refractivity (Wildman–Crippen MR) is 94.7 cm³/mol. The number of benzene rings is 1. The second-order valence-corrected chi connectivity index (χ2v) is 7.24. The second-order valence-electron chi connectivity index (χ2n) is 6.30. The lowest BCUT2D eigenvalue weighted by Gasteiger charge is -2.15. The lowest BCUT2D eigenvalue weighted by molar-refractivity contribution is -0.127. The standard InChI is InChI=1S/C17H21N5OS/c1-13-4-6-14(7-5-13)21-10-11-22-16(21)18-19-17(22)24-12-15(23)20-8-2-3-9-20/h4-7H,2-3,8-12H2,1H3. The van der Waals surface area contributed by atoms with E-state index in [9.17, 15) is 4.79 Å². The highest BCUT2D eigenvalue weighted by atomic mass is 32.2. The van der Waals surface area contributed by atoms with Crippen molar-refractivity contribution in [2.24, 2.45) is 0 Å². The minimum Gasteiger partial charge on any atom is -0.342 e. The molecular formula is C17H21N5OS. The Bertz CT molecular complexity index is 736. The Balaban J connectivity index is 1.45. The number of hydrogen-bond acceptors (Lipinski definition) is 5. The smallest absolute Gasteiger partial charge is 0.233 e. The van der Waals surface area contributed by atoms with Crippen LogP contribution in [0.2, 0.25) is 0 Å². The zero-order chi connectivity index (χ0) is 16.5. The van der Waals surface area contributed by atoms with E-state index in [1.165, 1.54) is 17.3 Å². The first-order valence-corrected chi connectivity index (χ1v) is 9.39. The van der Waals surface area contributed by atoms with E-state index in [0.29, 0.717) is 5.75 Å². The summed E-state index contributed by atoms with van der Waals surface area (Å²) in [4.78, 5) is 16.3. The van der Waals surface area contributed by atoms with Crippen LogP contribution in [0.15, 0.2) is 29.4 Å². The van der Waals surface area contributed by atoms with Crippen molar-refractivity contribution >= 4 is 29.3 Å². The largest absolute Gasteiger partial charge is 0.342 e. The van der Waals surface area contributed by atoms with E-state index in [-0.39, 0.29) is 5.91 Å². The maximum Gasteiger partial charge on any atom is 0.233 e. The van der Waals surface area contributed by atoms with Gasteiger partial charge in [-0.2, -0.15) is 0 Å². The van der Waals surface area contributed by atoms with Gasteiger partial charge in [0.1, 0.15) is 0 Å². The van der Waals surface area contributed by atoms with Gasteiger partial charge in [-0.05, 0) is 31.9 Å². The van der Waals surface area contributed by atoms with Crippen molar-refractivity contribution in [3.05, 3.63) is 29.8 Å². The zero-order valence-corrected chi connectivity index (χ0v) is 14.6. The number of hydrogen-bond donors (Lipinski definition) is 0. The SMILES string of the molecule is Cc1ccc(N2CCn3c(SCC(=O)N4CCCC4)nnc32)cc1. The van der Waals surface area contributed by atoms with E-state index in [1.54, 1.807) is 0 Å². The van der Waals surface area contributed by atoms with Gasteiger partial charge < -0.3 is 9.80 Å². The number of aryl methyl sites for hydroxylation is 1. The molecule has 0 atom stereocenters. The predicted octanol–water partition coefficient (Wildman–Crippen LogP) is 2.45. The quantitative estimate of drug-likeness (QED) is 0.798. The van der Waals surface area contributed by atoms with E-state index in [4.69, 9.17) is 0 Å². The van der Waals surface area contributed by atoms with Gasteiger partial charge in [0.15, 0.2) is 5.16 Å². The molecule has 1 aromatic carbocycles. The molecule has 2 aromatic rings. The van der Waals surface area contributed by atoms with Gasteiger partial charge in [-0.3, -0.25) is 9.36 Å². The molecule has 2 aliphatic heterocycles. The number of anilines is 2. The van der Waals surface area contributed by atoms with Crippen molar-refractivity contribution < 1.29 is 4.79 Å². The monoisotopic (exact) mass is 343 g/mol. The molecule has 1 fully saturated rings. The Morgan fingerprint density at radius 3 is 2.58 bits per heavy atom. The molecule has 0 aliphatic carbocycles. The summed E-state index contributed by atoms with van der Waals surface area (Å²) in [5.74, 6) is 1.53. The fraction of sp³-hybridized carbons (Fsp3) is 0.471. The average molecular weight is 343 g/mol. The van der Waals surface area contributed by atoms with Gasteiger partial charge in [-0.15, -0.1) is 10.2 Å². The van der Waals surface area contributed by atoms with Crippen molar-refractivity contribution in [1.29, 1.82) is 0 Å². The number of thioether (sulfide) groups is 1. The molecular weight excluding hydrogens is 322 g/mol. The number of carbonyl (C=O) groups excluding carboxylic acids is 1. The van der Waals surface area contributed by atoms with Crippen molar-refractivity contribution in [3.8, 4) is 0 Å². The molecule has 7 heteroatoms. The molecule has 2 aliphatic rings. The minimum absolute atomic E-state index is 0.211. The molecule has 126 valence electrons. The van der Waals surface area contributed by atoms with Crippen LogP contribution in [-0.2, 0) is 11.3 Å². The minimum atomic E-state index is 0.211. The van der Waals surface area contributed by atoms with Crippen LogP contribution in [-0.4, -0.2) is 51.0 Å². The van der Waals surface area contributed by atoms with Crippen molar-refractivity contribution in [1.82, 2.24) is 19.7 Å². The first kappa shape index (κ1) is 15.5. The highest BCUT2D eigenvalue weighted by Crippen LogP contribution is 2.32. The Morgan fingerprint density at radius 2 is 1.83 bits per heavy atom. The van der Waals surface area contributed by atoms with Gasteiger partial charge in [0, 0.05) is 31.9 Å². The van der Waals surface area contributed by atoms with Gasteiger partial charge in [-0.25, -0.2) is 0 Å². The molecule has 0 unspecified atom stereocenters. The molecule has 0 N–H and O–H groups in total.